The number of thioether (sulfide) groups is 1. The Labute approximate surface area is 148 Å². The molecular formula is C15H17ClN4OS2. The van der Waals surface area contributed by atoms with Crippen LogP contribution < -0.4 is 4.74 Å². The SMILES string of the molecule is Cc1cc(OCc2nn3c(CSC(C)C)nnc3s2)ccc1Cl. The maximum absolute atomic E-state index is 6.02. The highest BCUT2D eigenvalue weighted by Crippen LogP contribution is 2.23. The van der Waals surface area contributed by atoms with Gasteiger partial charge in [-0.3, -0.25) is 0 Å². The summed E-state index contributed by atoms with van der Waals surface area (Å²) < 4.78 is 7.60. The van der Waals surface area contributed by atoms with Crippen LogP contribution in [0, 0.1) is 6.92 Å². The van der Waals surface area contributed by atoms with Crippen LogP contribution in [0.2, 0.25) is 5.02 Å². The average molecular weight is 369 g/mol. The molecular weight excluding hydrogens is 352 g/mol. The quantitative estimate of drug-likeness (QED) is 0.646. The van der Waals surface area contributed by atoms with Gasteiger partial charge in [0.25, 0.3) is 0 Å². The molecule has 0 N–H and O–H groups in total. The molecule has 0 aliphatic heterocycles. The third-order valence-electron chi connectivity index (χ3n) is 3.13. The zero-order chi connectivity index (χ0) is 16.4. The lowest BCUT2D eigenvalue weighted by atomic mass is 10.2. The van der Waals surface area contributed by atoms with Crippen molar-refractivity contribution in [3.8, 4) is 5.75 Å². The summed E-state index contributed by atoms with van der Waals surface area (Å²) in [4.78, 5) is 0.801. The van der Waals surface area contributed by atoms with Crippen molar-refractivity contribution in [3.63, 3.8) is 0 Å². The van der Waals surface area contributed by atoms with E-state index in [0.717, 1.165) is 37.9 Å². The van der Waals surface area contributed by atoms with Gasteiger partial charge in [0.15, 0.2) is 10.8 Å². The third-order valence-corrected chi connectivity index (χ3v) is 5.52. The maximum Gasteiger partial charge on any atom is 0.234 e. The summed E-state index contributed by atoms with van der Waals surface area (Å²) in [6.07, 6.45) is 0. The minimum atomic E-state index is 0.409. The molecule has 0 amide bonds. The van der Waals surface area contributed by atoms with Gasteiger partial charge < -0.3 is 4.74 Å². The van der Waals surface area contributed by atoms with Gasteiger partial charge in [0.05, 0.1) is 5.75 Å². The van der Waals surface area contributed by atoms with E-state index in [2.05, 4.69) is 29.1 Å². The van der Waals surface area contributed by atoms with Crippen molar-refractivity contribution in [2.24, 2.45) is 0 Å². The van der Waals surface area contributed by atoms with E-state index in [1.807, 2.05) is 41.4 Å². The number of nitrogens with zero attached hydrogens (tertiary/aromatic N) is 4. The molecule has 2 heterocycles. The molecule has 23 heavy (non-hydrogen) atoms. The fraction of sp³-hybridized carbons (Fsp3) is 0.400. The zero-order valence-corrected chi connectivity index (χ0v) is 15.5. The Morgan fingerprint density at radius 2 is 2.17 bits per heavy atom. The Balaban J connectivity index is 1.69. The van der Waals surface area contributed by atoms with Gasteiger partial charge in [-0.1, -0.05) is 36.8 Å². The van der Waals surface area contributed by atoms with E-state index < -0.39 is 0 Å². The van der Waals surface area contributed by atoms with Crippen LogP contribution >= 0.6 is 34.7 Å². The van der Waals surface area contributed by atoms with Crippen molar-refractivity contribution >= 4 is 39.7 Å². The lowest BCUT2D eigenvalue weighted by Gasteiger charge is -2.05. The van der Waals surface area contributed by atoms with E-state index in [-0.39, 0.29) is 0 Å². The van der Waals surface area contributed by atoms with Crippen LogP contribution in [0.25, 0.3) is 4.96 Å². The minimum absolute atomic E-state index is 0.409. The van der Waals surface area contributed by atoms with Gasteiger partial charge >= 0.3 is 0 Å². The molecule has 0 aliphatic rings. The molecule has 0 aliphatic carbocycles. The van der Waals surface area contributed by atoms with E-state index in [1.54, 1.807) is 0 Å². The van der Waals surface area contributed by atoms with Gasteiger partial charge in [0.1, 0.15) is 12.4 Å². The van der Waals surface area contributed by atoms with Gasteiger partial charge in [0.2, 0.25) is 4.96 Å². The van der Waals surface area contributed by atoms with Gasteiger partial charge in [-0.25, -0.2) is 0 Å². The second-order valence-corrected chi connectivity index (χ2v) is 8.38. The Hall–Kier alpha value is -1.31. The lowest BCUT2D eigenvalue weighted by molar-refractivity contribution is 0.304. The number of rotatable bonds is 6. The molecule has 0 unspecified atom stereocenters. The molecule has 8 heteroatoms. The number of aryl methyl sites for hydroxylation is 1. The highest BCUT2D eigenvalue weighted by atomic mass is 35.5. The second kappa shape index (κ2) is 7.07. The molecule has 122 valence electrons. The summed E-state index contributed by atoms with van der Waals surface area (Å²) in [5, 5.41) is 15.1. The number of aromatic nitrogens is 4. The van der Waals surface area contributed by atoms with Crippen molar-refractivity contribution in [1.82, 2.24) is 19.8 Å². The van der Waals surface area contributed by atoms with Crippen LogP contribution in [0.1, 0.15) is 30.2 Å². The van der Waals surface area contributed by atoms with Crippen LogP contribution in [0.4, 0.5) is 0 Å². The monoisotopic (exact) mass is 368 g/mol. The fourth-order valence-electron chi connectivity index (χ4n) is 1.94. The fourth-order valence-corrected chi connectivity index (χ4v) is 3.48. The van der Waals surface area contributed by atoms with Crippen molar-refractivity contribution in [2.75, 3.05) is 0 Å². The van der Waals surface area contributed by atoms with Crippen molar-refractivity contribution < 1.29 is 4.74 Å². The van der Waals surface area contributed by atoms with Crippen LogP contribution in [0.3, 0.4) is 0 Å². The summed E-state index contributed by atoms with van der Waals surface area (Å²) in [6.45, 7) is 6.69. The predicted molar refractivity (Wildman–Crippen MR) is 95.6 cm³/mol. The number of fused-ring (bicyclic) bond motifs is 1. The van der Waals surface area contributed by atoms with E-state index in [0.29, 0.717) is 11.9 Å². The standard InChI is InChI=1S/C15H17ClN4OS2/c1-9(2)22-8-13-17-18-15-20(13)19-14(23-15)7-21-11-4-5-12(16)10(3)6-11/h4-6,9H,7-8H2,1-3H3. The van der Waals surface area contributed by atoms with Gasteiger partial charge in [-0.05, 0) is 35.9 Å². The molecule has 0 spiro atoms. The molecule has 0 saturated heterocycles. The molecule has 2 aromatic heterocycles. The molecule has 0 bridgehead atoms. The number of halogens is 1. The molecule has 3 rings (SSSR count). The van der Waals surface area contributed by atoms with Gasteiger partial charge in [0, 0.05) is 5.02 Å². The normalized spacial score (nSPS) is 11.5. The first-order valence-corrected chi connectivity index (χ1v) is 9.48. The highest BCUT2D eigenvalue weighted by Gasteiger charge is 2.12. The number of hydrogen-bond acceptors (Lipinski definition) is 6. The molecule has 0 fully saturated rings. The average Bonchev–Trinajstić information content (AvgIpc) is 3.06. The number of hydrogen-bond donors (Lipinski definition) is 0. The lowest BCUT2D eigenvalue weighted by Crippen LogP contribution is -2.00. The Morgan fingerprint density at radius 3 is 2.91 bits per heavy atom. The second-order valence-electron chi connectivity index (χ2n) is 5.37. The molecule has 0 saturated carbocycles. The first-order chi connectivity index (χ1) is 11.0. The molecule has 1 aromatic carbocycles. The molecule has 0 radical (unpaired) electrons. The summed E-state index contributed by atoms with van der Waals surface area (Å²) in [5.74, 6) is 2.47. The number of benzene rings is 1. The summed E-state index contributed by atoms with van der Waals surface area (Å²) >= 11 is 9.34. The smallest absolute Gasteiger partial charge is 0.234 e. The minimum Gasteiger partial charge on any atom is -0.486 e. The first kappa shape index (κ1) is 16.5. The Bertz CT molecular complexity index is 815. The van der Waals surface area contributed by atoms with Crippen LogP contribution in [0.15, 0.2) is 18.2 Å². The van der Waals surface area contributed by atoms with Gasteiger partial charge in [-0.15, -0.1) is 10.2 Å². The Morgan fingerprint density at radius 1 is 1.35 bits per heavy atom. The zero-order valence-electron chi connectivity index (χ0n) is 13.1. The van der Waals surface area contributed by atoms with Crippen molar-refractivity contribution in [2.45, 2.75) is 38.4 Å². The molecule has 3 aromatic rings. The topological polar surface area (TPSA) is 52.3 Å². The van der Waals surface area contributed by atoms with E-state index in [1.165, 1.54) is 11.3 Å². The highest BCUT2D eigenvalue weighted by molar-refractivity contribution is 7.99. The number of ether oxygens (including phenoxy) is 1. The largest absolute Gasteiger partial charge is 0.486 e. The van der Waals surface area contributed by atoms with Crippen LogP contribution in [-0.2, 0) is 12.4 Å². The van der Waals surface area contributed by atoms with Gasteiger partial charge in [-0.2, -0.15) is 21.4 Å². The van der Waals surface area contributed by atoms with Crippen molar-refractivity contribution in [1.29, 1.82) is 0 Å². The first-order valence-electron chi connectivity index (χ1n) is 7.23. The summed E-state index contributed by atoms with van der Waals surface area (Å²) in [6, 6.07) is 5.62. The predicted octanol–water partition coefficient (Wildman–Crippen LogP) is 4.37. The third kappa shape index (κ3) is 3.97. The maximum atomic E-state index is 6.02. The summed E-state index contributed by atoms with van der Waals surface area (Å²) in [5.41, 5.74) is 0.996. The van der Waals surface area contributed by atoms with E-state index in [9.17, 15) is 0 Å². The van der Waals surface area contributed by atoms with E-state index in [4.69, 9.17) is 16.3 Å². The molecule has 0 atom stereocenters. The Kier molecular flexibility index (Phi) is 5.08. The van der Waals surface area contributed by atoms with Crippen LogP contribution in [-0.4, -0.2) is 25.1 Å². The van der Waals surface area contributed by atoms with Crippen LogP contribution in [0.5, 0.6) is 5.75 Å². The van der Waals surface area contributed by atoms with E-state index >= 15 is 0 Å². The van der Waals surface area contributed by atoms with Crippen molar-refractivity contribution in [3.05, 3.63) is 39.6 Å². The summed E-state index contributed by atoms with van der Waals surface area (Å²) in [7, 11) is 0. The molecule has 5 nitrogen and oxygen atoms in total.